The molecule has 2 aliphatic rings. The van der Waals surface area contributed by atoms with Crippen LogP contribution in [0, 0.1) is 5.41 Å². The van der Waals surface area contributed by atoms with Crippen molar-refractivity contribution in [1.82, 2.24) is 4.90 Å². The minimum Gasteiger partial charge on any atom is -0.481 e. The fourth-order valence-electron chi connectivity index (χ4n) is 3.43. The monoisotopic (exact) mass is 298 g/mol. The Bertz CT molecular complexity index is 372. The maximum atomic E-state index is 12.7. The van der Waals surface area contributed by atoms with E-state index in [4.69, 9.17) is 15.6 Å². The number of ether oxygens (including phenoxy) is 1. The average molecular weight is 298 g/mol. The Balaban J connectivity index is 1.78. The molecule has 1 saturated carbocycles. The SMILES string of the molecule is NCC1(C(=O)N2CCC(OCCC(=O)O)CC2)CCCC1. The van der Waals surface area contributed by atoms with Gasteiger partial charge in [-0.25, -0.2) is 0 Å². The Morgan fingerprint density at radius 3 is 2.38 bits per heavy atom. The van der Waals surface area contributed by atoms with Crippen molar-refractivity contribution in [2.45, 2.75) is 51.0 Å². The molecule has 0 spiro atoms. The number of carbonyl (C=O) groups excluding carboxylic acids is 1. The zero-order chi connectivity index (χ0) is 15.3. The van der Waals surface area contributed by atoms with Gasteiger partial charge in [-0.1, -0.05) is 12.8 Å². The van der Waals surface area contributed by atoms with E-state index in [1.807, 2.05) is 4.90 Å². The van der Waals surface area contributed by atoms with Gasteiger partial charge in [-0.3, -0.25) is 9.59 Å². The number of piperidine rings is 1. The molecule has 1 heterocycles. The van der Waals surface area contributed by atoms with E-state index in [0.29, 0.717) is 19.6 Å². The molecule has 6 heteroatoms. The summed E-state index contributed by atoms with van der Waals surface area (Å²) in [5.74, 6) is -0.625. The molecule has 0 unspecified atom stereocenters. The van der Waals surface area contributed by atoms with E-state index >= 15 is 0 Å². The lowest BCUT2D eigenvalue weighted by Gasteiger charge is -2.38. The molecule has 120 valence electrons. The van der Waals surface area contributed by atoms with E-state index in [1.165, 1.54) is 0 Å². The van der Waals surface area contributed by atoms with Gasteiger partial charge in [0.1, 0.15) is 0 Å². The van der Waals surface area contributed by atoms with Crippen molar-refractivity contribution >= 4 is 11.9 Å². The minimum atomic E-state index is -0.839. The van der Waals surface area contributed by atoms with Crippen LogP contribution in [0.1, 0.15) is 44.9 Å². The maximum Gasteiger partial charge on any atom is 0.305 e. The molecule has 0 aromatic heterocycles. The highest BCUT2D eigenvalue weighted by molar-refractivity contribution is 5.83. The van der Waals surface area contributed by atoms with Gasteiger partial charge in [-0.2, -0.15) is 0 Å². The number of hydrogen-bond donors (Lipinski definition) is 2. The second-order valence-corrected chi connectivity index (χ2v) is 6.20. The highest BCUT2D eigenvalue weighted by Gasteiger charge is 2.42. The van der Waals surface area contributed by atoms with E-state index < -0.39 is 5.97 Å². The molecule has 2 fully saturated rings. The van der Waals surface area contributed by atoms with Crippen LogP contribution < -0.4 is 5.73 Å². The van der Waals surface area contributed by atoms with Gasteiger partial charge in [0.05, 0.1) is 24.5 Å². The third kappa shape index (κ3) is 3.95. The van der Waals surface area contributed by atoms with Crippen LogP contribution in [-0.2, 0) is 14.3 Å². The van der Waals surface area contributed by atoms with Crippen LogP contribution in [0.25, 0.3) is 0 Å². The van der Waals surface area contributed by atoms with Gasteiger partial charge in [0, 0.05) is 19.6 Å². The number of carboxylic acid groups (broad SMARTS) is 1. The quantitative estimate of drug-likeness (QED) is 0.762. The van der Waals surface area contributed by atoms with Crippen molar-refractivity contribution in [1.29, 1.82) is 0 Å². The second-order valence-electron chi connectivity index (χ2n) is 6.20. The predicted octanol–water partition coefficient (Wildman–Crippen LogP) is 0.988. The fraction of sp³-hybridized carbons (Fsp3) is 0.867. The summed E-state index contributed by atoms with van der Waals surface area (Å²) in [5.41, 5.74) is 5.55. The molecule has 0 bridgehead atoms. The van der Waals surface area contributed by atoms with Crippen LogP contribution in [0.4, 0.5) is 0 Å². The highest BCUT2D eigenvalue weighted by Crippen LogP contribution is 2.39. The molecule has 2 rings (SSSR count). The summed E-state index contributed by atoms with van der Waals surface area (Å²) in [6.45, 7) is 2.08. The smallest absolute Gasteiger partial charge is 0.305 e. The molecule has 1 amide bonds. The van der Waals surface area contributed by atoms with Gasteiger partial charge in [0.25, 0.3) is 0 Å². The number of amides is 1. The minimum absolute atomic E-state index is 0.0371. The third-order valence-corrected chi connectivity index (χ3v) is 4.80. The van der Waals surface area contributed by atoms with E-state index in [2.05, 4.69) is 0 Å². The van der Waals surface area contributed by atoms with E-state index in [1.54, 1.807) is 0 Å². The topological polar surface area (TPSA) is 92.9 Å². The van der Waals surface area contributed by atoms with Gasteiger partial charge in [-0.15, -0.1) is 0 Å². The molecule has 0 aromatic rings. The first kappa shape index (κ1) is 16.2. The number of hydrogen-bond acceptors (Lipinski definition) is 4. The average Bonchev–Trinajstić information content (AvgIpc) is 2.97. The summed E-state index contributed by atoms with van der Waals surface area (Å²) in [7, 11) is 0. The lowest BCUT2D eigenvalue weighted by Crippen LogP contribution is -2.50. The van der Waals surface area contributed by atoms with E-state index in [0.717, 1.165) is 38.5 Å². The molecular formula is C15H26N2O4. The summed E-state index contributed by atoms with van der Waals surface area (Å²) in [6, 6.07) is 0. The van der Waals surface area contributed by atoms with Crippen molar-refractivity contribution in [2.75, 3.05) is 26.2 Å². The van der Waals surface area contributed by atoms with Crippen LogP contribution in [0.2, 0.25) is 0 Å². The molecule has 0 aromatic carbocycles. The predicted molar refractivity (Wildman–Crippen MR) is 77.8 cm³/mol. The van der Waals surface area contributed by atoms with Crippen molar-refractivity contribution in [3.8, 4) is 0 Å². The Labute approximate surface area is 125 Å². The first-order valence-electron chi connectivity index (χ1n) is 7.90. The Hall–Kier alpha value is -1.14. The second kappa shape index (κ2) is 7.22. The number of aliphatic carboxylic acids is 1. The van der Waals surface area contributed by atoms with Crippen LogP contribution in [0.15, 0.2) is 0 Å². The molecule has 1 saturated heterocycles. The van der Waals surface area contributed by atoms with Crippen LogP contribution >= 0.6 is 0 Å². The fourth-order valence-corrected chi connectivity index (χ4v) is 3.43. The Kier molecular flexibility index (Phi) is 5.58. The number of carbonyl (C=O) groups is 2. The zero-order valence-electron chi connectivity index (χ0n) is 12.6. The van der Waals surface area contributed by atoms with Crippen LogP contribution in [0.3, 0.4) is 0 Å². The van der Waals surface area contributed by atoms with Crippen LogP contribution in [0.5, 0.6) is 0 Å². The van der Waals surface area contributed by atoms with Crippen molar-refractivity contribution in [3.05, 3.63) is 0 Å². The molecule has 0 radical (unpaired) electrons. The Morgan fingerprint density at radius 2 is 1.86 bits per heavy atom. The summed E-state index contributed by atoms with van der Waals surface area (Å²) in [4.78, 5) is 25.1. The standard InChI is InChI=1S/C15H26N2O4/c16-11-15(6-1-2-7-15)14(20)17-8-3-12(4-9-17)21-10-5-13(18)19/h12H,1-11,16H2,(H,18,19). The van der Waals surface area contributed by atoms with E-state index in [9.17, 15) is 9.59 Å². The summed E-state index contributed by atoms with van der Waals surface area (Å²) >= 11 is 0. The van der Waals surface area contributed by atoms with Gasteiger partial charge >= 0.3 is 5.97 Å². The number of nitrogens with zero attached hydrogens (tertiary/aromatic N) is 1. The number of rotatable bonds is 6. The molecular weight excluding hydrogens is 272 g/mol. The van der Waals surface area contributed by atoms with Gasteiger partial charge < -0.3 is 20.5 Å². The summed E-state index contributed by atoms with van der Waals surface area (Å²) in [5, 5.41) is 8.59. The molecule has 1 aliphatic heterocycles. The Morgan fingerprint density at radius 1 is 1.24 bits per heavy atom. The van der Waals surface area contributed by atoms with Crippen molar-refractivity contribution in [3.63, 3.8) is 0 Å². The van der Waals surface area contributed by atoms with Gasteiger partial charge in [0.2, 0.25) is 5.91 Å². The summed E-state index contributed by atoms with van der Waals surface area (Å²) in [6.07, 6.45) is 5.70. The lowest BCUT2D eigenvalue weighted by atomic mass is 9.84. The van der Waals surface area contributed by atoms with Gasteiger partial charge in [0.15, 0.2) is 0 Å². The van der Waals surface area contributed by atoms with Crippen molar-refractivity contribution < 1.29 is 19.4 Å². The van der Waals surface area contributed by atoms with Crippen molar-refractivity contribution in [2.24, 2.45) is 11.1 Å². The maximum absolute atomic E-state index is 12.7. The molecule has 21 heavy (non-hydrogen) atoms. The van der Waals surface area contributed by atoms with E-state index in [-0.39, 0.29) is 30.5 Å². The summed E-state index contributed by atoms with van der Waals surface area (Å²) < 4.78 is 5.56. The number of carboxylic acids is 1. The van der Waals surface area contributed by atoms with Gasteiger partial charge in [-0.05, 0) is 25.7 Å². The lowest BCUT2D eigenvalue weighted by molar-refractivity contribution is -0.144. The first-order chi connectivity index (χ1) is 10.1. The largest absolute Gasteiger partial charge is 0.481 e. The molecule has 1 aliphatic carbocycles. The molecule has 3 N–H and O–H groups in total. The normalized spacial score (nSPS) is 22.4. The molecule has 0 atom stereocenters. The first-order valence-corrected chi connectivity index (χ1v) is 7.90. The third-order valence-electron chi connectivity index (χ3n) is 4.80. The highest BCUT2D eigenvalue weighted by atomic mass is 16.5. The van der Waals surface area contributed by atoms with Crippen LogP contribution in [-0.4, -0.2) is 54.2 Å². The zero-order valence-corrected chi connectivity index (χ0v) is 12.6. The number of likely N-dealkylation sites (tertiary alicyclic amines) is 1. The number of nitrogens with two attached hydrogens (primary N) is 1. The molecule has 6 nitrogen and oxygen atoms in total.